The van der Waals surface area contributed by atoms with E-state index in [9.17, 15) is 14.4 Å². The maximum atomic E-state index is 13.4. The summed E-state index contributed by atoms with van der Waals surface area (Å²) < 4.78 is 2.61. The van der Waals surface area contributed by atoms with Crippen LogP contribution in [0.4, 0.5) is 17.2 Å². The number of pyridine rings is 2. The third-order valence-corrected chi connectivity index (χ3v) is 7.75. The number of fused-ring (bicyclic) bond motifs is 1. The highest BCUT2D eigenvalue weighted by molar-refractivity contribution is 7.17. The van der Waals surface area contributed by atoms with Gasteiger partial charge in [0.05, 0.1) is 16.8 Å². The highest BCUT2D eigenvalue weighted by Crippen LogP contribution is 2.29. The third-order valence-electron chi connectivity index (χ3n) is 6.79. The molecule has 2 aromatic carbocycles. The van der Waals surface area contributed by atoms with Gasteiger partial charge in [0.15, 0.2) is 5.82 Å². The molecule has 0 radical (unpaired) electrons. The number of amides is 2. The number of hydrogen-bond donors (Lipinski definition) is 3. The molecule has 0 saturated heterocycles. The summed E-state index contributed by atoms with van der Waals surface area (Å²) in [5, 5.41) is 11.8. The minimum Gasteiger partial charge on any atom is -0.348 e. The van der Waals surface area contributed by atoms with Crippen molar-refractivity contribution in [1.29, 1.82) is 0 Å². The number of nitrogens with zero attached hydrogens (tertiary/aromatic N) is 2. The Balaban J connectivity index is 1.44. The fourth-order valence-electron chi connectivity index (χ4n) is 4.41. The lowest BCUT2D eigenvalue weighted by Gasteiger charge is -2.15. The molecule has 5 aromatic rings. The SMILES string of the molecule is CCn1ccc(C)c(CNC(=O)c2cnc(Nc3ccccc3C)c(NC(=O)c3csc4ccccc34)c2)c1=O. The van der Waals surface area contributed by atoms with Crippen LogP contribution in [-0.2, 0) is 13.1 Å². The predicted molar refractivity (Wildman–Crippen MR) is 161 cm³/mol. The number of carbonyl (C=O) groups excluding carboxylic acids is 2. The van der Waals surface area contributed by atoms with Crippen molar-refractivity contribution in [1.82, 2.24) is 14.9 Å². The Bertz CT molecular complexity index is 1790. The van der Waals surface area contributed by atoms with Crippen LogP contribution in [0.3, 0.4) is 0 Å². The fourth-order valence-corrected chi connectivity index (χ4v) is 5.36. The van der Waals surface area contributed by atoms with Crippen LogP contribution >= 0.6 is 11.3 Å². The molecule has 3 N–H and O–H groups in total. The van der Waals surface area contributed by atoms with Gasteiger partial charge < -0.3 is 20.5 Å². The second-order valence-electron chi connectivity index (χ2n) is 9.41. The van der Waals surface area contributed by atoms with Crippen LogP contribution in [0.1, 0.15) is 44.3 Å². The number of carbonyl (C=O) groups is 2. The lowest BCUT2D eigenvalue weighted by Crippen LogP contribution is -2.30. The molecule has 9 heteroatoms. The maximum Gasteiger partial charge on any atom is 0.257 e. The monoisotopic (exact) mass is 551 g/mol. The van der Waals surface area contributed by atoms with E-state index in [0.29, 0.717) is 29.2 Å². The van der Waals surface area contributed by atoms with E-state index in [1.807, 2.05) is 80.7 Å². The van der Waals surface area contributed by atoms with E-state index >= 15 is 0 Å². The molecule has 3 aromatic heterocycles. The van der Waals surface area contributed by atoms with E-state index in [-0.39, 0.29) is 23.6 Å². The first-order valence-corrected chi connectivity index (χ1v) is 13.8. The molecule has 2 amide bonds. The van der Waals surface area contributed by atoms with Crippen molar-refractivity contribution < 1.29 is 9.59 Å². The maximum absolute atomic E-state index is 13.4. The Morgan fingerprint density at radius 2 is 1.73 bits per heavy atom. The summed E-state index contributed by atoms with van der Waals surface area (Å²) in [4.78, 5) is 43.8. The van der Waals surface area contributed by atoms with Gasteiger partial charge >= 0.3 is 0 Å². The number of nitrogens with one attached hydrogen (secondary N) is 3. The summed E-state index contributed by atoms with van der Waals surface area (Å²) in [6.07, 6.45) is 3.20. The number of thiophene rings is 1. The lowest BCUT2D eigenvalue weighted by atomic mass is 10.1. The van der Waals surface area contributed by atoms with E-state index in [2.05, 4.69) is 20.9 Å². The normalized spacial score (nSPS) is 10.9. The number of aromatic nitrogens is 2. The molecular weight excluding hydrogens is 522 g/mol. The first-order valence-electron chi connectivity index (χ1n) is 12.9. The van der Waals surface area contributed by atoms with Crippen LogP contribution in [0.25, 0.3) is 10.1 Å². The first-order chi connectivity index (χ1) is 19.4. The molecule has 0 unspecified atom stereocenters. The Labute approximate surface area is 235 Å². The topological polar surface area (TPSA) is 105 Å². The standard InChI is InChI=1S/C31H29N5O3S/c1-4-36-14-13-19(2)23(31(36)39)17-33-29(37)21-15-26(28(32-16-21)34-25-11-7-5-9-20(25)3)35-30(38)24-18-40-27-12-8-6-10-22(24)27/h5-16,18H,4,17H2,1-3H3,(H,32,34)(H,33,37)(H,35,38). The molecule has 0 aliphatic rings. The summed E-state index contributed by atoms with van der Waals surface area (Å²) in [5.74, 6) is -0.301. The number of hydrogen-bond acceptors (Lipinski definition) is 6. The molecule has 0 spiro atoms. The van der Waals surface area contributed by atoms with Crippen LogP contribution in [0.2, 0.25) is 0 Å². The summed E-state index contributed by atoms with van der Waals surface area (Å²) in [6.45, 7) is 6.33. The largest absolute Gasteiger partial charge is 0.348 e. The molecule has 0 saturated carbocycles. The number of benzene rings is 2. The second-order valence-corrected chi connectivity index (χ2v) is 10.3. The molecule has 5 rings (SSSR count). The Kier molecular flexibility index (Phi) is 7.75. The summed E-state index contributed by atoms with van der Waals surface area (Å²) in [7, 11) is 0. The first kappa shape index (κ1) is 26.8. The van der Waals surface area contributed by atoms with E-state index in [4.69, 9.17) is 0 Å². The van der Waals surface area contributed by atoms with Gasteiger partial charge in [-0.1, -0.05) is 36.4 Å². The van der Waals surface area contributed by atoms with Gasteiger partial charge in [-0.3, -0.25) is 14.4 Å². The molecule has 40 heavy (non-hydrogen) atoms. The molecule has 0 atom stereocenters. The highest BCUT2D eigenvalue weighted by atomic mass is 32.1. The van der Waals surface area contributed by atoms with Crippen LogP contribution in [0.15, 0.2) is 83.2 Å². The molecule has 202 valence electrons. The van der Waals surface area contributed by atoms with E-state index in [0.717, 1.165) is 26.9 Å². The summed E-state index contributed by atoms with van der Waals surface area (Å²) in [5.41, 5.74) is 4.20. The molecule has 3 heterocycles. The van der Waals surface area contributed by atoms with Gasteiger partial charge in [0.1, 0.15) is 0 Å². The van der Waals surface area contributed by atoms with Gasteiger partial charge in [0.25, 0.3) is 17.4 Å². The third kappa shape index (κ3) is 5.50. The predicted octanol–water partition coefficient (Wildman–Crippen LogP) is 6.02. The molecule has 0 fully saturated rings. The van der Waals surface area contributed by atoms with Crippen molar-refractivity contribution in [3.05, 3.63) is 117 Å². The molecule has 0 aliphatic carbocycles. The van der Waals surface area contributed by atoms with Crippen molar-refractivity contribution in [2.24, 2.45) is 0 Å². The van der Waals surface area contributed by atoms with Crippen LogP contribution in [0, 0.1) is 13.8 Å². The van der Waals surface area contributed by atoms with Crippen LogP contribution in [0.5, 0.6) is 0 Å². The van der Waals surface area contributed by atoms with Gasteiger partial charge in [-0.05, 0) is 56.2 Å². The Hall–Kier alpha value is -4.76. The Morgan fingerprint density at radius 3 is 2.52 bits per heavy atom. The molecule has 0 bridgehead atoms. The number of rotatable bonds is 8. The number of anilines is 3. The number of para-hydroxylation sites is 1. The quantitative estimate of drug-likeness (QED) is 0.219. The smallest absolute Gasteiger partial charge is 0.257 e. The zero-order valence-corrected chi connectivity index (χ0v) is 23.3. The summed E-state index contributed by atoms with van der Waals surface area (Å²) >= 11 is 1.50. The van der Waals surface area contributed by atoms with Crippen molar-refractivity contribution >= 4 is 50.4 Å². The fraction of sp³-hybridized carbons (Fsp3) is 0.161. The zero-order valence-electron chi connectivity index (χ0n) is 22.4. The average Bonchev–Trinajstić information content (AvgIpc) is 3.39. The van der Waals surface area contributed by atoms with Gasteiger partial charge in [-0.2, -0.15) is 0 Å². The van der Waals surface area contributed by atoms with E-state index in [1.54, 1.807) is 16.8 Å². The van der Waals surface area contributed by atoms with Crippen molar-refractivity contribution in [3.63, 3.8) is 0 Å². The van der Waals surface area contributed by atoms with E-state index < -0.39 is 5.91 Å². The second kappa shape index (κ2) is 11.5. The minimum absolute atomic E-state index is 0.0795. The minimum atomic E-state index is -0.405. The van der Waals surface area contributed by atoms with Crippen LogP contribution in [-0.4, -0.2) is 21.4 Å². The molecular formula is C31H29N5O3S. The molecule has 8 nitrogen and oxygen atoms in total. The van der Waals surface area contributed by atoms with Crippen molar-refractivity contribution in [2.45, 2.75) is 33.9 Å². The van der Waals surface area contributed by atoms with Crippen molar-refractivity contribution in [3.8, 4) is 0 Å². The zero-order chi connectivity index (χ0) is 28.2. The highest BCUT2D eigenvalue weighted by Gasteiger charge is 2.18. The molecule has 0 aliphatic heterocycles. The summed E-state index contributed by atoms with van der Waals surface area (Å²) in [6, 6.07) is 18.9. The number of aryl methyl sites for hydroxylation is 3. The van der Waals surface area contributed by atoms with Crippen LogP contribution < -0.4 is 21.5 Å². The lowest BCUT2D eigenvalue weighted by molar-refractivity contribution is 0.0949. The van der Waals surface area contributed by atoms with Crippen molar-refractivity contribution in [2.75, 3.05) is 10.6 Å². The van der Waals surface area contributed by atoms with Gasteiger partial charge in [-0.25, -0.2) is 4.98 Å². The van der Waals surface area contributed by atoms with Gasteiger partial charge in [-0.15, -0.1) is 11.3 Å². The van der Waals surface area contributed by atoms with Gasteiger partial charge in [0.2, 0.25) is 0 Å². The Morgan fingerprint density at radius 1 is 0.950 bits per heavy atom. The van der Waals surface area contributed by atoms with Gasteiger partial charge in [0, 0.05) is 52.2 Å². The van der Waals surface area contributed by atoms with E-state index in [1.165, 1.54) is 17.5 Å². The average molecular weight is 552 g/mol.